The Morgan fingerprint density at radius 3 is 3.00 bits per heavy atom. The summed E-state index contributed by atoms with van der Waals surface area (Å²) >= 11 is 3.07. The average Bonchev–Trinajstić information content (AvgIpc) is 2.84. The van der Waals surface area contributed by atoms with Crippen molar-refractivity contribution in [3.63, 3.8) is 0 Å². The van der Waals surface area contributed by atoms with Crippen molar-refractivity contribution in [2.75, 3.05) is 7.05 Å². The Kier molecular flexibility index (Phi) is 3.71. The number of carbonyl (C=O) groups excluding carboxylic acids is 1. The largest absolute Gasteiger partial charge is 0.334 e. The zero-order valence-electron chi connectivity index (χ0n) is 9.52. The van der Waals surface area contributed by atoms with E-state index < -0.39 is 5.82 Å². The number of nitrogens with zero attached hydrogens (tertiary/aromatic N) is 3. The van der Waals surface area contributed by atoms with Crippen LogP contribution in [0.25, 0.3) is 0 Å². The summed E-state index contributed by atoms with van der Waals surface area (Å²) in [5.41, 5.74) is 0.275. The number of rotatable bonds is 3. The number of carbonyl (C=O) groups is 1. The van der Waals surface area contributed by atoms with E-state index in [1.54, 1.807) is 13.1 Å². The summed E-state index contributed by atoms with van der Waals surface area (Å²) in [5, 5.41) is 6.36. The molecule has 0 saturated heterocycles. The Hall–Kier alpha value is -1.76. The maximum Gasteiger partial charge on any atom is 0.255 e. The van der Waals surface area contributed by atoms with E-state index >= 15 is 0 Å². The van der Waals surface area contributed by atoms with Crippen LogP contribution in [0, 0.1) is 5.82 Å². The van der Waals surface area contributed by atoms with Gasteiger partial charge < -0.3 is 4.90 Å². The highest BCUT2D eigenvalue weighted by Crippen LogP contribution is 2.21. The molecule has 18 heavy (non-hydrogen) atoms. The van der Waals surface area contributed by atoms with Crippen molar-refractivity contribution in [2.24, 2.45) is 0 Å². The highest BCUT2D eigenvalue weighted by atomic mass is 79.9. The van der Waals surface area contributed by atoms with Gasteiger partial charge in [-0.15, -0.1) is 0 Å². The van der Waals surface area contributed by atoms with Gasteiger partial charge in [0.15, 0.2) is 0 Å². The van der Waals surface area contributed by atoms with Gasteiger partial charge in [-0.2, -0.15) is 5.10 Å². The Balaban J connectivity index is 2.18. The molecule has 2 aromatic rings. The van der Waals surface area contributed by atoms with Crippen molar-refractivity contribution < 1.29 is 9.18 Å². The summed E-state index contributed by atoms with van der Waals surface area (Å²) in [5.74, 6) is -0.190. The summed E-state index contributed by atoms with van der Waals surface area (Å²) in [7, 11) is 1.61. The van der Waals surface area contributed by atoms with Crippen molar-refractivity contribution >= 4 is 21.8 Å². The van der Waals surface area contributed by atoms with Gasteiger partial charge in [0.25, 0.3) is 5.91 Å². The molecule has 1 N–H and O–H groups in total. The van der Waals surface area contributed by atoms with Gasteiger partial charge in [-0.25, -0.2) is 9.37 Å². The molecule has 1 aromatic heterocycles. The predicted octanol–water partition coefficient (Wildman–Crippen LogP) is 1.98. The first kappa shape index (κ1) is 12.7. The summed E-state index contributed by atoms with van der Waals surface area (Å²) in [6.45, 7) is 0.280. The lowest BCUT2D eigenvalue weighted by Gasteiger charge is -2.16. The summed E-state index contributed by atoms with van der Waals surface area (Å²) in [6, 6.07) is 4.35. The van der Waals surface area contributed by atoms with Crippen molar-refractivity contribution in [3.8, 4) is 0 Å². The molecule has 0 aliphatic carbocycles. The maximum absolute atomic E-state index is 13.3. The Morgan fingerprint density at radius 2 is 2.33 bits per heavy atom. The lowest BCUT2D eigenvalue weighted by Crippen LogP contribution is -2.27. The molecule has 94 valence electrons. The highest BCUT2D eigenvalue weighted by Gasteiger charge is 2.17. The second-order valence-corrected chi connectivity index (χ2v) is 4.49. The Bertz CT molecular complexity index is 558. The third kappa shape index (κ3) is 2.56. The van der Waals surface area contributed by atoms with E-state index in [1.165, 1.54) is 23.4 Å². The predicted molar refractivity (Wildman–Crippen MR) is 66.3 cm³/mol. The van der Waals surface area contributed by atoms with Crippen LogP contribution in [0.15, 0.2) is 29.0 Å². The molecule has 0 bridgehead atoms. The van der Waals surface area contributed by atoms with Crippen LogP contribution >= 0.6 is 15.9 Å². The topological polar surface area (TPSA) is 61.9 Å². The number of nitrogens with one attached hydrogen (secondary N) is 1. The Labute approximate surface area is 111 Å². The van der Waals surface area contributed by atoms with Crippen molar-refractivity contribution in [2.45, 2.75) is 6.54 Å². The van der Waals surface area contributed by atoms with Gasteiger partial charge in [-0.1, -0.05) is 6.07 Å². The SMILES string of the molecule is CN(Cc1ncn[nH]1)C(=O)c1cccc(F)c1Br. The third-order valence-electron chi connectivity index (χ3n) is 2.38. The van der Waals surface area contributed by atoms with Crippen molar-refractivity contribution in [1.29, 1.82) is 0 Å². The van der Waals surface area contributed by atoms with E-state index in [0.29, 0.717) is 5.82 Å². The first-order valence-electron chi connectivity index (χ1n) is 5.13. The summed E-state index contributed by atoms with van der Waals surface area (Å²) in [6.07, 6.45) is 1.37. The number of aromatic amines is 1. The molecule has 0 aliphatic heterocycles. The Morgan fingerprint density at radius 1 is 1.56 bits per heavy atom. The number of aromatic nitrogens is 3. The minimum atomic E-state index is -0.464. The molecule has 0 radical (unpaired) electrons. The quantitative estimate of drug-likeness (QED) is 0.942. The van der Waals surface area contributed by atoms with Gasteiger partial charge >= 0.3 is 0 Å². The molecule has 0 aliphatic rings. The average molecular weight is 313 g/mol. The lowest BCUT2D eigenvalue weighted by molar-refractivity contribution is 0.0780. The van der Waals surface area contributed by atoms with Crippen molar-refractivity contribution in [1.82, 2.24) is 20.1 Å². The lowest BCUT2D eigenvalue weighted by atomic mass is 10.2. The van der Waals surface area contributed by atoms with Gasteiger partial charge in [0.2, 0.25) is 0 Å². The fourth-order valence-corrected chi connectivity index (χ4v) is 1.91. The van der Waals surface area contributed by atoms with Crippen LogP contribution < -0.4 is 0 Å². The van der Waals surface area contributed by atoms with Crippen LogP contribution in [0.5, 0.6) is 0 Å². The van der Waals surface area contributed by atoms with E-state index in [1.807, 2.05) is 0 Å². The second kappa shape index (κ2) is 5.26. The van der Waals surface area contributed by atoms with Crippen LogP contribution in [0.3, 0.4) is 0 Å². The van der Waals surface area contributed by atoms with E-state index in [9.17, 15) is 9.18 Å². The molecule has 1 aromatic carbocycles. The van der Waals surface area contributed by atoms with Gasteiger partial charge in [-0.3, -0.25) is 9.89 Å². The van der Waals surface area contributed by atoms with Crippen LogP contribution in [-0.4, -0.2) is 33.0 Å². The van der Waals surface area contributed by atoms with E-state index in [2.05, 4.69) is 31.1 Å². The summed E-state index contributed by atoms with van der Waals surface area (Å²) in [4.78, 5) is 17.5. The highest BCUT2D eigenvalue weighted by molar-refractivity contribution is 9.10. The van der Waals surface area contributed by atoms with E-state index in [0.717, 1.165) is 0 Å². The van der Waals surface area contributed by atoms with Gasteiger partial charge in [0, 0.05) is 7.05 Å². The molecular weight excluding hydrogens is 303 g/mol. The van der Waals surface area contributed by atoms with Crippen LogP contribution in [0.2, 0.25) is 0 Å². The van der Waals surface area contributed by atoms with Gasteiger partial charge in [0.05, 0.1) is 16.6 Å². The van der Waals surface area contributed by atoms with Gasteiger partial charge in [0.1, 0.15) is 18.0 Å². The summed E-state index contributed by atoms with van der Waals surface area (Å²) < 4.78 is 13.5. The molecule has 0 spiro atoms. The van der Waals surface area contributed by atoms with Crippen molar-refractivity contribution in [3.05, 3.63) is 46.2 Å². The number of halogens is 2. The number of hydrogen-bond acceptors (Lipinski definition) is 3. The maximum atomic E-state index is 13.3. The number of hydrogen-bond donors (Lipinski definition) is 1. The minimum absolute atomic E-state index is 0.166. The fourth-order valence-electron chi connectivity index (χ4n) is 1.48. The molecule has 7 heteroatoms. The molecule has 2 rings (SSSR count). The smallest absolute Gasteiger partial charge is 0.255 e. The zero-order valence-corrected chi connectivity index (χ0v) is 11.1. The molecule has 1 amide bonds. The van der Waals surface area contributed by atoms with E-state index in [-0.39, 0.29) is 22.5 Å². The molecule has 0 atom stereocenters. The molecule has 0 fully saturated rings. The fraction of sp³-hybridized carbons (Fsp3) is 0.182. The first-order chi connectivity index (χ1) is 8.59. The third-order valence-corrected chi connectivity index (χ3v) is 3.19. The molecule has 5 nitrogen and oxygen atoms in total. The normalized spacial score (nSPS) is 10.4. The monoisotopic (exact) mass is 312 g/mol. The zero-order chi connectivity index (χ0) is 13.1. The van der Waals surface area contributed by atoms with Crippen LogP contribution in [-0.2, 0) is 6.54 Å². The molecule has 0 saturated carbocycles. The standard InChI is InChI=1S/C11H10BrFN4O/c1-17(5-9-14-6-15-16-9)11(18)7-3-2-4-8(13)10(7)12/h2-4,6H,5H2,1H3,(H,14,15,16). The number of H-pyrrole nitrogens is 1. The van der Waals surface area contributed by atoms with Crippen LogP contribution in [0.4, 0.5) is 4.39 Å². The van der Waals surface area contributed by atoms with Crippen LogP contribution in [0.1, 0.15) is 16.2 Å². The first-order valence-corrected chi connectivity index (χ1v) is 5.92. The van der Waals surface area contributed by atoms with E-state index in [4.69, 9.17) is 0 Å². The molecular formula is C11H10BrFN4O. The number of benzene rings is 1. The second-order valence-electron chi connectivity index (χ2n) is 3.69. The van der Waals surface area contributed by atoms with Gasteiger partial charge in [-0.05, 0) is 28.1 Å². The minimum Gasteiger partial charge on any atom is -0.334 e. The molecule has 0 unspecified atom stereocenters. The number of amides is 1. The molecule has 1 heterocycles.